The van der Waals surface area contributed by atoms with Gasteiger partial charge in [0.05, 0.1) is 12.7 Å². The van der Waals surface area contributed by atoms with E-state index >= 15 is 0 Å². The molecule has 2 N–H and O–H groups in total. The lowest BCUT2D eigenvalue weighted by molar-refractivity contribution is 0.0704. The van der Waals surface area contributed by atoms with Crippen molar-refractivity contribution in [1.29, 1.82) is 0 Å². The van der Waals surface area contributed by atoms with E-state index in [1.165, 1.54) is 0 Å². The maximum Gasteiger partial charge on any atom is 0.338 e. The van der Waals surface area contributed by atoms with Crippen molar-refractivity contribution in [2.45, 2.75) is 25.9 Å². The molecule has 1 aromatic rings. The van der Waals surface area contributed by atoms with Gasteiger partial charge in [0.15, 0.2) is 0 Å². The van der Waals surface area contributed by atoms with Crippen LogP contribution in [0.1, 0.15) is 24.2 Å². The topological polar surface area (TPSA) is 70.7 Å². The summed E-state index contributed by atoms with van der Waals surface area (Å²) in [4.78, 5) is 11.1. The molecule has 0 saturated heterocycles. The SMILES string of the molecule is Cc1ccc([C@@H](C)[C@@H](O)CO)oc1=O. The summed E-state index contributed by atoms with van der Waals surface area (Å²) in [5, 5.41) is 18.0. The van der Waals surface area contributed by atoms with Crippen LogP contribution in [0.4, 0.5) is 0 Å². The Balaban J connectivity index is 2.97. The Morgan fingerprint density at radius 3 is 2.64 bits per heavy atom. The minimum atomic E-state index is -0.902. The molecule has 0 amide bonds. The van der Waals surface area contributed by atoms with Gasteiger partial charge in [-0.1, -0.05) is 6.92 Å². The molecule has 0 unspecified atom stereocenters. The van der Waals surface area contributed by atoms with Gasteiger partial charge in [-0.15, -0.1) is 0 Å². The zero-order chi connectivity index (χ0) is 10.7. The maximum atomic E-state index is 11.1. The van der Waals surface area contributed by atoms with E-state index in [9.17, 15) is 9.90 Å². The second kappa shape index (κ2) is 4.39. The molecule has 0 aliphatic heterocycles. The lowest BCUT2D eigenvalue weighted by Gasteiger charge is -2.14. The Morgan fingerprint density at radius 1 is 1.50 bits per heavy atom. The highest BCUT2D eigenvalue weighted by Crippen LogP contribution is 2.17. The van der Waals surface area contributed by atoms with E-state index in [0.717, 1.165) is 0 Å². The largest absolute Gasteiger partial charge is 0.427 e. The Morgan fingerprint density at radius 2 is 2.14 bits per heavy atom. The fourth-order valence-corrected chi connectivity index (χ4v) is 1.09. The minimum Gasteiger partial charge on any atom is -0.427 e. The van der Waals surface area contributed by atoms with Gasteiger partial charge >= 0.3 is 5.63 Å². The van der Waals surface area contributed by atoms with Crippen LogP contribution in [-0.2, 0) is 0 Å². The van der Waals surface area contributed by atoms with Gasteiger partial charge in [0.1, 0.15) is 5.76 Å². The van der Waals surface area contributed by atoms with Crippen molar-refractivity contribution in [1.82, 2.24) is 0 Å². The predicted molar refractivity (Wildman–Crippen MR) is 51.2 cm³/mol. The molecule has 4 heteroatoms. The maximum absolute atomic E-state index is 11.1. The van der Waals surface area contributed by atoms with E-state index in [2.05, 4.69) is 0 Å². The number of aliphatic hydroxyl groups excluding tert-OH is 2. The fraction of sp³-hybridized carbons (Fsp3) is 0.500. The molecule has 0 spiro atoms. The number of aryl methyl sites for hydroxylation is 1. The molecular weight excluding hydrogens is 184 g/mol. The minimum absolute atomic E-state index is 0.348. The molecule has 0 saturated carbocycles. The Bertz CT molecular complexity index is 355. The summed E-state index contributed by atoms with van der Waals surface area (Å²) in [5.74, 6) is 0.00968. The van der Waals surface area contributed by atoms with Crippen LogP contribution in [0.5, 0.6) is 0 Å². The summed E-state index contributed by atoms with van der Waals surface area (Å²) < 4.78 is 4.97. The molecule has 1 rings (SSSR count). The Hall–Kier alpha value is -1.13. The van der Waals surface area contributed by atoms with Crippen LogP contribution in [0, 0.1) is 6.92 Å². The number of hydrogen-bond acceptors (Lipinski definition) is 4. The molecule has 0 radical (unpaired) electrons. The first-order chi connectivity index (χ1) is 6.56. The van der Waals surface area contributed by atoms with Crippen molar-refractivity contribution in [2.75, 3.05) is 6.61 Å². The first kappa shape index (κ1) is 10.9. The summed E-state index contributed by atoms with van der Waals surface area (Å²) in [5.41, 5.74) is 0.124. The molecule has 0 aliphatic carbocycles. The summed E-state index contributed by atoms with van der Waals surface area (Å²) in [7, 11) is 0. The smallest absolute Gasteiger partial charge is 0.338 e. The second-order valence-corrected chi connectivity index (χ2v) is 3.35. The third-order valence-corrected chi connectivity index (χ3v) is 2.24. The van der Waals surface area contributed by atoms with E-state index in [1.807, 2.05) is 0 Å². The van der Waals surface area contributed by atoms with E-state index in [4.69, 9.17) is 9.52 Å². The zero-order valence-electron chi connectivity index (χ0n) is 8.23. The Labute approximate surface area is 81.8 Å². The standard InChI is InChI=1S/C10H14O4/c1-6-3-4-9(14-10(6)13)7(2)8(12)5-11/h3-4,7-8,11-12H,5H2,1-2H3/t7-,8-/m0/s1. The van der Waals surface area contributed by atoms with E-state index in [1.54, 1.807) is 26.0 Å². The zero-order valence-corrected chi connectivity index (χ0v) is 8.23. The lowest BCUT2D eigenvalue weighted by Crippen LogP contribution is -2.21. The van der Waals surface area contributed by atoms with E-state index in [0.29, 0.717) is 11.3 Å². The van der Waals surface area contributed by atoms with Gasteiger partial charge in [0, 0.05) is 11.5 Å². The van der Waals surface area contributed by atoms with Gasteiger partial charge in [-0.05, 0) is 19.1 Å². The third-order valence-electron chi connectivity index (χ3n) is 2.24. The normalized spacial score (nSPS) is 15.1. The molecule has 14 heavy (non-hydrogen) atoms. The van der Waals surface area contributed by atoms with Gasteiger partial charge in [0.2, 0.25) is 0 Å². The lowest BCUT2D eigenvalue weighted by atomic mass is 10.0. The molecular formula is C10H14O4. The van der Waals surface area contributed by atoms with Crippen molar-refractivity contribution in [3.8, 4) is 0 Å². The molecule has 0 fully saturated rings. The monoisotopic (exact) mass is 198 g/mol. The van der Waals surface area contributed by atoms with Crippen LogP contribution in [-0.4, -0.2) is 22.9 Å². The van der Waals surface area contributed by atoms with Crippen molar-refractivity contribution in [3.05, 3.63) is 33.9 Å². The van der Waals surface area contributed by atoms with Gasteiger partial charge in [-0.25, -0.2) is 4.79 Å². The first-order valence-electron chi connectivity index (χ1n) is 4.46. The molecule has 4 nitrogen and oxygen atoms in total. The van der Waals surface area contributed by atoms with Crippen LogP contribution in [0.2, 0.25) is 0 Å². The number of hydrogen-bond donors (Lipinski definition) is 2. The van der Waals surface area contributed by atoms with Gasteiger partial charge in [-0.2, -0.15) is 0 Å². The van der Waals surface area contributed by atoms with E-state index < -0.39 is 11.7 Å². The summed E-state index contributed by atoms with van der Waals surface area (Å²) in [6.45, 7) is 3.00. The summed E-state index contributed by atoms with van der Waals surface area (Å²) in [6, 6.07) is 3.28. The second-order valence-electron chi connectivity index (χ2n) is 3.35. The molecule has 2 atom stereocenters. The van der Waals surface area contributed by atoms with Gasteiger partial charge < -0.3 is 14.6 Å². The van der Waals surface area contributed by atoms with Gasteiger partial charge in [0.25, 0.3) is 0 Å². The van der Waals surface area contributed by atoms with Crippen molar-refractivity contribution in [3.63, 3.8) is 0 Å². The highest BCUT2D eigenvalue weighted by atomic mass is 16.4. The third kappa shape index (κ3) is 2.21. The van der Waals surface area contributed by atoms with Crippen LogP contribution in [0.3, 0.4) is 0 Å². The van der Waals surface area contributed by atoms with Crippen LogP contribution in [0.25, 0.3) is 0 Å². The summed E-state index contributed by atoms with van der Waals surface area (Å²) in [6.07, 6.45) is -0.902. The molecule has 78 valence electrons. The molecule has 1 aromatic heterocycles. The van der Waals surface area contributed by atoms with Crippen LogP contribution >= 0.6 is 0 Å². The fourth-order valence-electron chi connectivity index (χ4n) is 1.09. The van der Waals surface area contributed by atoms with Crippen LogP contribution in [0.15, 0.2) is 21.3 Å². The molecule has 1 heterocycles. The highest BCUT2D eigenvalue weighted by Gasteiger charge is 2.17. The average Bonchev–Trinajstić information content (AvgIpc) is 2.20. The average molecular weight is 198 g/mol. The highest BCUT2D eigenvalue weighted by molar-refractivity contribution is 5.12. The van der Waals surface area contributed by atoms with Crippen molar-refractivity contribution >= 4 is 0 Å². The predicted octanol–water partition coefficient (Wildman–Crippen LogP) is 0.405. The van der Waals surface area contributed by atoms with Crippen molar-refractivity contribution < 1.29 is 14.6 Å². The summed E-state index contributed by atoms with van der Waals surface area (Å²) >= 11 is 0. The molecule has 0 aliphatic rings. The van der Waals surface area contributed by atoms with E-state index in [-0.39, 0.29) is 12.5 Å². The quantitative estimate of drug-likeness (QED) is 0.737. The van der Waals surface area contributed by atoms with Crippen LogP contribution < -0.4 is 5.63 Å². The number of rotatable bonds is 3. The Kier molecular flexibility index (Phi) is 3.43. The first-order valence-corrected chi connectivity index (χ1v) is 4.46. The molecule has 0 aromatic carbocycles. The van der Waals surface area contributed by atoms with Crippen molar-refractivity contribution in [2.24, 2.45) is 0 Å². The number of aliphatic hydroxyl groups is 2. The molecule has 0 bridgehead atoms. The van der Waals surface area contributed by atoms with Gasteiger partial charge in [-0.3, -0.25) is 0 Å².